The van der Waals surface area contributed by atoms with Crippen LogP contribution in [0.1, 0.15) is 22.8 Å². The summed E-state index contributed by atoms with van der Waals surface area (Å²) in [5, 5.41) is 15.6. The van der Waals surface area contributed by atoms with Gasteiger partial charge in [-0.3, -0.25) is 9.59 Å². The van der Waals surface area contributed by atoms with Gasteiger partial charge in [-0.1, -0.05) is 18.2 Å². The van der Waals surface area contributed by atoms with Crippen LogP contribution in [0.2, 0.25) is 0 Å². The summed E-state index contributed by atoms with van der Waals surface area (Å²) in [6, 6.07) is 6.25. The Hall–Kier alpha value is -3.74. The lowest BCUT2D eigenvalue weighted by molar-refractivity contribution is -0.137. The second kappa shape index (κ2) is 10.1. The van der Waals surface area contributed by atoms with Crippen LogP contribution in [0.5, 0.6) is 0 Å². The Labute approximate surface area is 199 Å². The molecule has 1 aromatic heterocycles. The van der Waals surface area contributed by atoms with Gasteiger partial charge in [0.15, 0.2) is 0 Å². The number of rotatable bonds is 7. The molecule has 0 aliphatic heterocycles. The van der Waals surface area contributed by atoms with Crippen molar-refractivity contribution in [1.29, 1.82) is 0 Å². The van der Waals surface area contributed by atoms with Gasteiger partial charge in [-0.25, -0.2) is 17.6 Å². The lowest BCUT2D eigenvalue weighted by Gasteiger charge is -2.30. The molecule has 1 unspecified atom stereocenters. The van der Waals surface area contributed by atoms with Crippen molar-refractivity contribution in [2.24, 2.45) is 0 Å². The van der Waals surface area contributed by atoms with Crippen LogP contribution in [0, 0.1) is 5.82 Å². The topological polar surface area (TPSA) is 84.2 Å². The molecule has 0 aliphatic rings. The van der Waals surface area contributed by atoms with Crippen molar-refractivity contribution in [3.63, 3.8) is 0 Å². The molecule has 3 rings (SSSR count). The first-order valence-electron chi connectivity index (χ1n) is 10.2. The van der Waals surface area contributed by atoms with Gasteiger partial charge in [-0.2, -0.15) is 23.0 Å². The van der Waals surface area contributed by atoms with Gasteiger partial charge in [0.1, 0.15) is 29.7 Å². The minimum Gasteiger partial charge on any atom is -0.385 e. The lowest BCUT2D eigenvalue weighted by Crippen LogP contribution is -2.57. The van der Waals surface area contributed by atoms with Gasteiger partial charge < -0.3 is 10.4 Å². The highest BCUT2D eigenvalue weighted by atomic mass is 19.4. The first-order valence-corrected chi connectivity index (χ1v) is 10.2. The van der Waals surface area contributed by atoms with E-state index in [9.17, 15) is 45.4 Å². The minimum atomic E-state index is -4.64. The van der Waals surface area contributed by atoms with Gasteiger partial charge in [0.2, 0.25) is 0 Å². The minimum absolute atomic E-state index is 0.00312. The second-order valence-corrected chi connectivity index (χ2v) is 7.99. The lowest BCUT2D eigenvalue weighted by atomic mass is 9.98. The number of hydrogen-bond acceptors (Lipinski definition) is 4. The van der Waals surface area contributed by atoms with Crippen LogP contribution in [0.15, 0.2) is 59.4 Å². The Balaban J connectivity index is 2.17. The highest BCUT2D eigenvalue weighted by Crippen LogP contribution is 2.30. The van der Waals surface area contributed by atoms with E-state index in [1.807, 2.05) is 0 Å². The van der Waals surface area contributed by atoms with E-state index < -0.39 is 59.3 Å². The Kier molecular flexibility index (Phi) is 7.53. The first kappa shape index (κ1) is 26.9. The number of aromatic nitrogens is 2. The fourth-order valence-corrected chi connectivity index (χ4v) is 3.20. The standard InChI is InChI=1S/C23H18F7N3O3/c1-22(36,11-24)18(19(26)27)31-20(34)16-10-17(12-5-7-13(8-6-12)23(28,29)30)32-33(21(16)35)15-4-2-3-14(25)9-15/h2-10,18-19,36H,11H2,1H3,(H,31,34)/t18-,22?/m0/s1. The number of nitrogens with zero attached hydrogens (tertiary/aromatic N) is 2. The number of amides is 1. The zero-order chi connectivity index (χ0) is 26.8. The van der Waals surface area contributed by atoms with E-state index in [1.165, 1.54) is 12.1 Å². The fraction of sp³-hybridized carbons (Fsp3) is 0.261. The van der Waals surface area contributed by atoms with Crippen LogP contribution in [0.3, 0.4) is 0 Å². The largest absolute Gasteiger partial charge is 0.416 e. The molecule has 192 valence electrons. The van der Waals surface area contributed by atoms with E-state index in [-0.39, 0.29) is 16.9 Å². The Morgan fingerprint density at radius 3 is 2.28 bits per heavy atom. The second-order valence-electron chi connectivity index (χ2n) is 7.99. The van der Waals surface area contributed by atoms with Gasteiger partial charge >= 0.3 is 6.18 Å². The van der Waals surface area contributed by atoms with Crippen LogP contribution in [0.4, 0.5) is 30.7 Å². The number of alkyl halides is 6. The van der Waals surface area contributed by atoms with Gasteiger partial charge in [0, 0.05) is 5.56 Å². The number of carbonyl (C=O) groups is 1. The molecule has 2 N–H and O–H groups in total. The molecule has 0 aliphatic carbocycles. The Morgan fingerprint density at radius 2 is 1.75 bits per heavy atom. The molecule has 1 heterocycles. The third-order valence-electron chi connectivity index (χ3n) is 5.20. The quantitative estimate of drug-likeness (QED) is 0.462. The van der Waals surface area contributed by atoms with Gasteiger partial charge in [-0.05, 0) is 43.3 Å². The summed E-state index contributed by atoms with van der Waals surface area (Å²) < 4.78 is 93.1. The van der Waals surface area contributed by atoms with Crippen molar-refractivity contribution in [1.82, 2.24) is 15.1 Å². The third kappa shape index (κ3) is 5.73. The van der Waals surface area contributed by atoms with Crippen molar-refractivity contribution in [2.75, 3.05) is 6.67 Å². The molecular weight excluding hydrogens is 499 g/mol. The number of halogens is 7. The van der Waals surface area contributed by atoms with E-state index in [2.05, 4.69) is 5.10 Å². The number of aliphatic hydroxyl groups is 1. The van der Waals surface area contributed by atoms with Crippen molar-refractivity contribution in [3.05, 3.63) is 81.9 Å². The van der Waals surface area contributed by atoms with E-state index in [0.29, 0.717) is 4.68 Å². The zero-order valence-corrected chi connectivity index (χ0v) is 18.4. The predicted molar refractivity (Wildman–Crippen MR) is 114 cm³/mol. The average molecular weight is 517 g/mol. The molecule has 0 saturated carbocycles. The molecule has 2 aromatic carbocycles. The number of hydrogen-bond donors (Lipinski definition) is 2. The summed E-state index contributed by atoms with van der Waals surface area (Å²) in [5.41, 5.74) is -6.09. The fourth-order valence-electron chi connectivity index (χ4n) is 3.20. The molecule has 36 heavy (non-hydrogen) atoms. The van der Waals surface area contributed by atoms with Crippen molar-refractivity contribution in [2.45, 2.75) is 31.2 Å². The highest BCUT2D eigenvalue weighted by molar-refractivity contribution is 5.95. The van der Waals surface area contributed by atoms with Crippen LogP contribution in [-0.2, 0) is 6.18 Å². The highest BCUT2D eigenvalue weighted by Gasteiger charge is 2.40. The Morgan fingerprint density at radius 1 is 1.11 bits per heavy atom. The monoisotopic (exact) mass is 517 g/mol. The van der Waals surface area contributed by atoms with E-state index in [0.717, 1.165) is 49.4 Å². The third-order valence-corrected chi connectivity index (χ3v) is 5.20. The maximum Gasteiger partial charge on any atom is 0.416 e. The predicted octanol–water partition coefficient (Wildman–Crippen LogP) is 4.14. The van der Waals surface area contributed by atoms with Crippen LogP contribution < -0.4 is 10.9 Å². The van der Waals surface area contributed by atoms with Crippen molar-refractivity contribution in [3.8, 4) is 16.9 Å². The molecule has 0 radical (unpaired) electrons. The Bertz CT molecular complexity index is 1310. The van der Waals surface area contributed by atoms with Crippen LogP contribution >= 0.6 is 0 Å². The molecule has 0 fully saturated rings. The maximum absolute atomic E-state index is 13.8. The normalized spacial score (nSPS) is 14.4. The van der Waals surface area contributed by atoms with Crippen LogP contribution in [-0.4, -0.2) is 45.5 Å². The van der Waals surface area contributed by atoms with Crippen molar-refractivity contribution >= 4 is 5.91 Å². The number of carbonyl (C=O) groups excluding carboxylic acids is 1. The van der Waals surface area contributed by atoms with E-state index in [1.54, 1.807) is 5.32 Å². The summed E-state index contributed by atoms with van der Waals surface area (Å²) in [5.74, 6) is -2.23. The molecule has 0 spiro atoms. The summed E-state index contributed by atoms with van der Waals surface area (Å²) in [4.78, 5) is 25.8. The smallest absolute Gasteiger partial charge is 0.385 e. The molecule has 1 amide bonds. The van der Waals surface area contributed by atoms with E-state index >= 15 is 0 Å². The van der Waals surface area contributed by atoms with Crippen LogP contribution in [0.25, 0.3) is 16.9 Å². The maximum atomic E-state index is 13.8. The van der Waals surface area contributed by atoms with Gasteiger partial charge in [-0.15, -0.1) is 0 Å². The molecule has 0 bridgehead atoms. The number of benzene rings is 2. The van der Waals surface area contributed by atoms with Crippen molar-refractivity contribution < 1.29 is 40.6 Å². The van der Waals surface area contributed by atoms with Gasteiger partial charge in [0.25, 0.3) is 17.9 Å². The molecule has 0 saturated heterocycles. The molecular formula is C23H18F7N3O3. The van der Waals surface area contributed by atoms with E-state index in [4.69, 9.17) is 0 Å². The van der Waals surface area contributed by atoms with Gasteiger partial charge in [0.05, 0.1) is 16.9 Å². The molecule has 2 atom stereocenters. The molecule has 3 aromatic rings. The molecule has 13 heteroatoms. The summed E-state index contributed by atoms with van der Waals surface area (Å²) >= 11 is 0. The summed E-state index contributed by atoms with van der Waals surface area (Å²) in [7, 11) is 0. The summed E-state index contributed by atoms with van der Waals surface area (Å²) in [6.45, 7) is -0.932. The first-order chi connectivity index (χ1) is 16.7. The summed E-state index contributed by atoms with van der Waals surface area (Å²) in [6.07, 6.45) is -8.07. The number of nitrogens with one attached hydrogen (secondary N) is 1. The zero-order valence-electron chi connectivity index (χ0n) is 18.4. The average Bonchev–Trinajstić information content (AvgIpc) is 2.81. The molecule has 6 nitrogen and oxygen atoms in total. The SMILES string of the molecule is CC(O)(CF)[C@@H](NC(=O)c1cc(-c2ccc(C(F)(F)F)cc2)nn(-c2cccc(F)c2)c1=O)C(F)F.